The third kappa shape index (κ3) is 10.5. The van der Waals surface area contributed by atoms with Gasteiger partial charge >= 0.3 is 40.0 Å². The van der Waals surface area contributed by atoms with Gasteiger partial charge in [0.2, 0.25) is 0 Å². The SMILES string of the molecule is C=C.O=S(=O)(O)O.[H-].[Na+].c1ccc2ccccc2c1. The van der Waals surface area contributed by atoms with Crippen LogP contribution in [0.3, 0.4) is 0 Å². The fourth-order valence-corrected chi connectivity index (χ4v) is 1.13. The maximum atomic E-state index is 8.74. The van der Waals surface area contributed by atoms with Crippen molar-refractivity contribution in [2.24, 2.45) is 0 Å². The Labute approximate surface area is 131 Å². The summed E-state index contributed by atoms with van der Waals surface area (Å²) in [6.07, 6.45) is 0. The van der Waals surface area contributed by atoms with Gasteiger partial charge in [0.15, 0.2) is 0 Å². The molecule has 18 heavy (non-hydrogen) atoms. The van der Waals surface area contributed by atoms with Crippen molar-refractivity contribution in [3.63, 3.8) is 0 Å². The van der Waals surface area contributed by atoms with E-state index in [0.717, 1.165) is 0 Å². The summed E-state index contributed by atoms with van der Waals surface area (Å²) in [5.74, 6) is 0. The summed E-state index contributed by atoms with van der Waals surface area (Å²) in [6, 6.07) is 16.7. The van der Waals surface area contributed by atoms with Crippen LogP contribution < -0.4 is 29.6 Å². The molecule has 0 atom stereocenters. The van der Waals surface area contributed by atoms with Crippen molar-refractivity contribution in [2.75, 3.05) is 0 Å². The molecule has 2 N–H and O–H groups in total. The smallest absolute Gasteiger partial charge is 1.00 e. The second-order valence-corrected chi connectivity index (χ2v) is 3.69. The number of rotatable bonds is 0. The van der Waals surface area contributed by atoms with E-state index in [4.69, 9.17) is 17.5 Å². The normalized spacial score (nSPS) is 9.00. The third-order valence-electron chi connectivity index (χ3n) is 1.66. The summed E-state index contributed by atoms with van der Waals surface area (Å²) >= 11 is 0. The summed E-state index contributed by atoms with van der Waals surface area (Å²) in [4.78, 5) is 0. The summed E-state index contributed by atoms with van der Waals surface area (Å²) in [6.45, 7) is 6.00. The van der Waals surface area contributed by atoms with E-state index in [9.17, 15) is 0 Å². The molecule has 0 bridgehead atoms. The van der Waals surface area contributed by atoms with Crippen molar-refractivity contribution in [2.45, 2.75) is 0 Å². The van der Waals surface area contributed by atoms with Gasteiger partial charge in [0.25, 0.3) is 0 Å². The Balaban J connectivity index is -0.000000251. The minimum absolute atomic E-state index is 0. The molecule has 0 amide bonds. The van der Waals surface area contributed by atoms with Crippen LogP contribution in [0.15, 0.2) is 61.7 Å². The first kappa shape index (κ1) is 19.6. The third-order valence-corrected chi connectivity index (χ3v) is 1.66. The van der Waals surface area contributed by atoms with Gasteiger partial charge in [-0.05, 0) is 10.8 Å². The van der Waals surface area contributed by atoms with Crippen LogP contribution in [0.25, 0.3) is 10.8 Å². The van der Waals surface area contributed by atoms with Crippen LogP contribution in [0, 0.1) is 0 Å². The summed E-state index contributed by atoms with van der Waals surface area (Å²) in [7, 11) is -4.67. The van der Waals surface area contributed by atoms with Gasteiger partial charge in [0, 0.05) is 0 Å². The standard InChI is InChI=1S/C10H8.C2H4.Na.H2O4S.H/c1-2-6-10-8-4-3-7-9(10)5-1;1-2;;1-5(2,3)4;/h1-8H;1-2H2;;(H2,1,2,3,4);/q;;+1;;-1. The van der Waals surface area contributed by atoms with Gasteiger partial charge in [-0.15, -0.1) is 13.2 Å². The second kappa shape index (κ2) is 10.3. The van der Waals surface area contributed by atoms with Crippen molar-refractivity contribution in [3.8, 4) is 0 Å². The summed E-state index contributed by atoms with van der Waals surface area (Å²) in [5, 5.41) is 2.62. The summed E-state index contributed by atoms with van der Waals surface area (Å²) < 4.78 is 31.6. The Morgan fingerprint density at radius 3 is 1.17 bits per heavy atom. The minimum Gasteiger partial charge on any atom is -1.00 e. The van der Waals surface area contributed by atoms with E-state index in [0.29, 0.717) is 0 Å². The van der Waals surface area contributed by atoms with E-state index in [1.54, 1.807) is 0 Å². The van der Waals surface area contributed by atoms with E-state index in [-0.39, 0.29) is 31.0 Å². The van der Waals surface area contributed by atoms with E-state index in [2.05, 4.69) is 61.7 Å². The number of benzene rings is 2. The van der Waals surface area contributed by atoms with Crippen molar-refractivity contribution < 1.29 is 48.5 Å². The van der Waals surface area contributed by atoms with E-state index < -0.39 is 10.4 Å². The number of fused-ring (bicyclic) bond motifs is 1. The van der Waals surface area contributed by atoms with Crippen molar-refractivity contribution in [3.05, 3.63) is 61.7 Å². The fourth-order valence-electron chi connectivity index (χ4n) is 1.13. The van der Waals surface area contributed by atoms with E-state index in [1.807, 2.05) is 0 Å². The molecule has 6 heteroatoms. The molecule has 2 aromatic carbocycles. The molecular formula is C12H15NaO4S. The van der Waals surface area contributed by atoms with Gasteiger partial charge in [-0.2, -0.15) is 8.42 Å². The molecule has 0 fully saturated rings. The van der Waals surface area contributed by atoms with Crippen LogP contribution in [0.2, 0.25) is 0 Å². The van der Waals surface area contributed by atoms with Gasteiger partial charge in [0.05, 0.1) is 0 Å². The van der Waals surface area contributed by atoms with E-state index in [1.165, 1.54) is 10.8 Å². The van der Waals surface area contributed by atoms with Gasteiger partial charge in [0.1, 0.15) is 0 Å². The van der Waals surface area contributed by atoms with Crippen LogP contribution in [0.5, 0.6) is 0 Å². The van der Waals surface area contributed by atoms with Gasteiger partial charge in [-0.3, -0.25) is 9.11 Å². The Kier molecular flexibility index (Phi) is 11.2. The Morgan fingerprint density at radius 2 is 1.00 bits per heavy atom. The topological polar surface area (TPSA) is 74.6 Å². The zero-order chi connectivity index (χ0) is 13.3. The first-order valence-electron chi connectivity index (χ1n) is 4.60. The molecule has 0 aliphatic heterocycles. The van der Waals surface area contributed by atoms with Crippen LogP contribution in [0.1, 0.15) is 1.43 Å². The Hall–Kier alpha value is -0.690. The maximum Gasteiger partial charge on any atom is 1.00 e. The van der Waals surface area contributed by atoms with Crippen LogP contribution >= 0.6 is 0 Å². The van der Waals surface area contributed by atoms with Crippen LogP contribution in [-0.2, 0) is 10.4 Å². The Morgan fingerprint density at radius 1 is 0.833 bits per heavy atom. The second-order valence-electron chi connectivity index (χ2n) is 2.79. The zero-order valence-electron chi connectivity index (χ0n) is 11.2. The monoisotopic (exact) mass is 278 g/mol. The van der Waals surface area contributed by atoms with Gasteiger partial charge < -0.3 is 1.43 Å². The molecule has 2 rings (SSSR count). The molecule has 0 unspecified atom stereocenters. The first-order chi connectivity index (χ1) is 7.97. The van der Waals surface area contributed by atoms with Crippen molar-refractivity contribution in [1.29, 1.82) is 0 Å². The van der Waals surface area contributed by atoms with Gasteiger partial charge in [-0.25, -0.2) is 0 Å². The molecule has 4 nitrogen and oxygen atoms in total. The zero-order valence-corrected chi connectivity index (χ0v) is 13.0. The molecule has 0 spiro atoms. The van der Waals surface area contributed by atoms with Gasteiger partial charge in [-0.1, -0.05) is 48.5 Å². The van der Waals surface area contributed by atoms with E-state index >= 15 is 0 Å². The predicted molar refractivity (Wildman–Crippen MR) is 70.5 cm³/mol. The quantitative estimate of drug-likeness (QED) is 0.407. The molecule has 0 saturated carbocycles. The van der Waals surface area contributed by atoms with Crippen LogP contribution in [-0.4, -0.2) is 17.5 Å². The summed E-state index contributed by atoms with van der Waals surface area (Å²) in [5.41, 5.74) is 0. The first-order valence-corrected chi connectivity index (χ1v) is 6.00. The fraction of sp³-hybridized carbons (Fsp3) is 0. The average molecular weight is 278 g/mol. The van der Waals surface area contributed by atoms with Crippen molar-refractivity contribution >= 4 is 21.2 Å². The molecule has 0 heterocycles. The molecule has 0 radical (unpaired) electrons. The number of hydrogen-bond donors (Lipinski definition) is 2. The number of hydrogen-bond acceptors (Lipinski definition) is 2. The molecule has 0 aromatic heterocycles. The Bertz CT molecular complexity index is 487. The molecule has 0 saturated heterocycles. The molecule has 0 aliphatic rings. The van der Waals surface area contributed by atoms with Crippen molar-refractivity contribution in [1.82, 2.24) is 0 Å². The predicted octanol–water partition coefficient (Wildman–Crippen LogP) is 0.106. The maximum absolute atomic E-state index is 8.74. The van der Waals surface area contributed by atoms with Crippen LogP contribution in [0.4, 0.5) is 0 Å². The molecule has 2 aromatic rings. The molecular weight excluding hydrogens is 263 g/mol. The molecule has 94 valence electrons. The molecule has 0 aliphatic carbocycles. The largest absolute Gasteiger partial charge is 1.00 e. The minimum atomic E-state index is -4.67. The average Bonchev–Trinajstić information content (AvgIpc) is 2.30.